The zero-order valence-corrected chi connectivity index (χ0v) is 8.85. The fourth-order valence-corrected chi connectivity index (χ4v) is 2.00. The van der Waals surface area contributed by atoms with E-state index in [1.807, 2.05) is 20.8 Å². The average Bonchev–Trinajstić information content (AvgIpc) is 1.96. The van der Waals surface area contributed by atoms with Crippen molar-refractivity contribution in [2.75, 3.05) is 0 Å². The lowest BCUT2D eigenvalue weighted by atomic mass is 9.60. The van der Waals surface area contributed by atoms with Crippen molar-refractivity contribution < 1.29 is 9.90 Å². The maximum Gasteiger partial charge on any atom is 0.310 e. The smallest absolute Gasteiger partial charge is 0.310 e. The van der Waals surface area contributed by atoms with Crippen molar-refractivity contribution in [3.8, 4) is 0 Å². The van der Waals surface area contributed by atoms with E-state index in [9.17, 15) is 9.90 Å². The molecule has 0 saturated carbocycles. The summed E-state index contributed by atoms with van der Waals surface area (Å²) in [6.07, 6.45) is 3.76. The van der Waals surface area contributed by atoms with Gasteiger partial charge >= 0.3 is 5.97 Å². The van der Waals surface area contributed by atoms with Crippen LogP contribution in [0.25, 0.3) is 0 Å². The summed E-state index contributed by atoms with van der Waals surface area (Å²) in [6.45, 7) is 7.93. The number of rotatable bonds is 1. The minimum Gasteiger partial charge on any atom is -0.481 e. The second-order valence-corrected chi connectivity index (χ2v) is 4.85. The zero-order valence-electron chi connectivity index (χ0n) is 8.85. The molecular weight excluding hydrogens is 164 g/mol. The van der Waals surface area contributed by atoms with Crippen molar-refractivity contribution in [1.82, 2.24) is 0 Å². The summed E-state index contributed by atoms with van der Waals surface area (Å²) in [5, 5.41) is 9.19. The molecule has 2 heteroatoms. The maximum absolute atomic E-state index is 11.2. The predicted molar refractivity (Wildman–Crippen MR) is 52.5 cm³/mol. The fraction of sp³-hybridized carbons (Fsp3) is 0.727. The van der Waals surface area contributed by atoms with Gasteiger partial charge < -0.3 is 5.11 Å². The molecule has 13 heavy (non-hydrogen) atoms. The van der Waals surface area contributed by atoms with Gasteiger partial charge in [-0.25, -0.2) is 0 Å². The molecule has 0 aromatic carbocycles. The van der Waals surface area contributed by atoms with Crippen LogP contribution in [-0.4, -0.2) is 11.1 Å². The molecule has 1 rings (SSSR count). The highest BCUT2D eigenvalue weighted by atomic mass is 16.4. The molecule has 1 unspecified atom stereocenters. The minimum atomic E-state index is -0.679. The molecule has 1 aliphatic rings. The summed E-state index contributed by atoms with van der Waals surface area (Å²) in [6, 6.07) is 0. The molecular formula is C11H18O2. The largest absolute Gasteiger partial charge is 0.481 e. The number of carboxylic acids is 1. The molecule has 0 aliphatic heterocycles. The lowest BCUT2D eigenvalue weighted by Crippen LogP contribution is -2.43. The second kappa shape index (κ2) is 2.86. The summed E-state index contributed by atoms with van der Waals surface area (Å²) in [5.41, 5.74) is 0.469. The molecule has 0 spiro atoms. The van der Waals surface area contributed by atoms with Crippen LogP contribution in [0.5, 0.6) is 0 Å². The lowest BCUT2D eigenvalue weighted by molar-refractivity contribution is -0.154. The van der Waals surface area contributed by atoms with E-state index in [-0.39, 0.29) is 5.41 Å². The second-order valence-electron chi connectivity index (χ2n) is 4.85. The van der Waals surface area contributed by atoms with Crippen LogP contribution in [0, 0.1) is 10.8 Å². The standard InChI is InChI=1S/C11H18O2/c1-8-5-6-11(4,9(12)13)10(2,3)7-8/h7H,5-6H2,1-4H3,(H,12,13). The van der Waals surface area contributed by atoms with Crippen molar-refractivity contribution >= 4 is 5.97 Å². The summed E-state index contributed by atoms with van der Waals surface area (Å²) in [4.78, 5) is 11.2. The van der Waals surface area contributed by atoms with Gasteiger partial charge in [-0.15, -0.1) is 0 Å². The van der Waals surface area contributed by atoms with Gasteiger partial charge in [-0.05, 0) is 32.1 Å². The van der Waals surface area contributed by atoms with Gasteiger partial charge in [0.2, 0.25) is 0 Å². The Bertz CT molecular complexity index is 263. The monoisotopic (exact) mass is 182 g/mol. The average molecular weight is 182 g/mol. The topological polar surface area (TPSA) is 37.3 Å². The molecule has 2 nitrogen and oxygen atoms in total. The minimum absolute atomic E-state index is 0.235. The Balaban J connectivity index is 3.10. The lowest BCUT2D eigenvalue weighted by Gasteiger charge is -2.42. The zero-order chi connectivity index (χ0) is 10.3. The molecule has 0 aromatic rings. The fourth-order valence-electron chi connectivity index (χ4n) is 2.00. The number of hydrogen-bond donors (Lipinski definition) is 1. The number of hydrogen-bond acceptors (Lipinski definition) is 1. The molecule has 0 aromatic heterocycles. The molecule has 0 amide bonds. The third-order valence-electron chi connectivity index (χ3n) is 3.52. The highest BCUT2D eigenvalue weighted by Gasteiger charge is 2.47. The van der Waals surface area contributed by atoms with E-state index in [4.69, 9.17) is 0 Å². The van der Waals surface area contributed by atoms with E-state index in [0.29, 0.717) is 0 Å². The SMILES string of the molecule is CC1=CC(C)(C)C(C)(C(=O)O)CC1. The number of allylic oxidation sites excluding steroid dienone is 2. The van der Waals surface area contributed by atoms with Gasteiger partial charge in [0.15, 0.2) is 0 Å². The van der Waals surface area contributed by atoms with Crippen LogP contribution in [0.4, 0.5) is 0 Å². The first-order chi connectivity index (χ1) is 5.79. The molecule has 0 fully saturated rings. The van der Waals surface area contributed by atoms with E-state index in [2.05, 4.69) is 13.0 Å². The van der Waals surface area contributed by atoms with Crippen LogP contribution in [0.15, 0.2) is 11.6 Å². The van der Waals surface area contributed by atoms with Crippen LogP contribution in [0.3, 0.4) is 0 Å². The molecule has 74 valence electrons. The summed E-state index contributed by atoms with van der Waals surface area (Å²) < 4.78 is 0. The molecule has 1 atom stereocenters. The third-order valence-corrected chi connectivity index (χ3v) is 3.52. The normalized spacial score (nSPS) is 32.5. The highest BCUT2D eigenvalue weighted by molar-refractivity contribution is 5.76. The summed E-state index contributed by atoms with van der Waals surface area (Å²) in [7, 11) is 0. The van der Waals surface area contributed by atoms with E-state index >= 15 is 0 Å². The van der Waals surface area contributed by atoms with Crippen LogP contribution in [-0.2, 0) is 4.79 Å². The highest BCUT2D eigenvalue weighted by Crippen LogP contribution is 2.48. The molecule has 0 bridgehead atoms. The molecule has 0 heterocycles. The Labute approximate surface area is 79.6 Å². The van der Waals surface area contributed by atoms with E-state index < -0.39 is 11.4 Å². The first-order valence-corrected chi connectivity index (χ1v) is 4.71. The van der Waals surface area contributed by atoms with Crippen molar-refractivity contribution in [2.24, 2.45) is 10.8 Å². The van der Waals surface area contributed by atoms with Gasteiger partial charge in [0.05, 0.1) is 5.41 Å². The van der Waals surface area contributed by atoms with Crippen LogP contribution in [0.2, 0.25) is 0 Å². The Morgan fingerprint density at radius 1 is 1.46 bits per heavy atom. The Kier molecular flexibility index (Phi) is 2.27. The van der Waals surface area contributed by atoms with E-state index in [1.54, 1.807) is 0 Å². The molecule has 1 N–H and O–H groups in total. The van der Waals surface area contributed by atoms with Crippen LogP contribution in [0.1, 0.15) is 40.5 Å². The van der Waals surface area contributed by atoms with Gasteiger partial charge in [-0.3, -0.25) is 4.79 Å². The summed E-state index contributed by atoms with van der Waals surface area (Å²) in [5.74, 6) is -0.679. The van der Waals surface area contributed by atoms with E-state index in [1.165, 1.54) is 5.57 Å². The summed E-state index contributed by atoms with van der Waals surface area (Å²) >= 11 is 0. The van der Waals surface area contributed by atoms with Crippen molar-refractivity contribution in [3.05, 3.63) is 11.6 Å². The third kappa shape index (κ3) is 1.50. The Morgan fingerprint density at radius 2 is 2.00 bits per heavy atom. The van der Waals surface area contributed by atoms with Crippen molar-refractivity contribution in [3.63, 3.8) is 0 Å². The van der Waals surface area contributed by atoms with Gasteiger partial charge in [0, 0.05) is 0 Å². The van der Waals surface area contributed by atoms with Gasteiger partial charge in [-0.2, -0.15) is 0 Å². The quantitative estimate of drug-likeness (QED) is 0.633. The Hall–Kier alpha value is -0.790. The maximum atomic E-state index is 11.2. The number of carboxylic acid groups (broad SMARTS) is 1. The van der Waals surface area contributed by atoms with Gasteiger partial charge in [0.25, 0.3) is 0 Å². The number of aliphatic carboxylic acids is 1. The first kappa shape index (κ1) is 10.3. The first-order valence-electron chi connectivity index (χ1n) is 4.71. The van der Waals surface area contributed by atoms with Crippen LogP contribution >= 0.6 is 0 Å². The van der Waals surface area contributed by atoms with Crippen LogP contribution < -0.4 is 0 Å². The van der Waals surface area contributed by atoms with Gasteiger partial charge in [-0.1, -0.05) is 25.5 Å². The number of carbonyl (C=O) groups is 1. The predicted octanol–water partition coefficient (Wildman–Crippen LogP) is 2.84. The Morgan fingerprint density at radius 3 is 2.38 bits per heavy atom. The van der Waals surface area contributed by atoms with Gasteiger partial charge in [0.1, 0.15) is 0 Å². The van der Waals surface area contributed by atoms with Crippen molar-refractivity contribution in [2.45, 2.75) is 40.5 Å². The van der Waals surface area contributed by atoms with E-state index in [0.717, 1.165) is 12.8 Å². The molecule has 0 saturated heterocycles. The molecule has 0 radical (unpaired) electrons. The van der Waals surface area contributed by atoms with Crippen molar-refractivity contribution in [1.29, 1.82) is 0 Å². The molecule has 1 aliphatic carbocycles.